The molecule has 0 aromatic heterocycles. The van der Waals surface area contributed by atoms with E-state index in [1.54, 1.807) is 11.1 Å². The molecule has 0 N–H and O–H groups in total. The van der Waals surface area contributed by atoms with E-state index < -0.39 is 0 Å². The Bertz CT molecular complexity index is 1090. The average Bonchev–Trinajstić information content (AvgIpc) is 2.92. The normalized spacial score (nSPS) is 37.1. The Morgan fingerprint density at radius 3 is 2.12 bits per heavy atom. The Kier molecular flexibility index (Phi) is 11.8. The van der Waals surface area contributed by atoms with Crippen molar-refractivity contribution in [3.05, 3.63) is 46.6 Å². The predicted molar refractivity (Wildman–Crippen MR) is 196 cm³/mol. The van der Waals surface area contributed by atoms with Gasteiger partial charge in [-0.15, -0.1) is 0 Å². The molecule has 5 aliphatic carbocycles. The molecule has 43 heavy (non-hydrogen) atoms. The van der Waals surface area contributed by atoms with Crippen LogP contribution < -0.4 is 0 Å². The number of rotatable bonds is 6. The van der Waals surface area contributed by atoms with Gasteiger partial charge in [-0.1, -0.05) is 104 Å². The minimum atomic E-state index is 0.468. The summed E-state index contributed by atoms with van der Waals surface area (Å²) in [5, 5.41) is 0. The third kappa shape index (κ3) is 7.68. The second-order valence-corrected chi connectivity index (χ2v) is 18.7. The Labute approximate surface area is 272 Å². The van der Waals surface area contributed by atoms with Crippen LogP contribution in [0.4, 0.5) is 0 Å². The van der Waals surface area contributed by atoms with Crippen LogP contribution in [-0.4, -0.2) is 6.61 Å². The lowest BCUT2D eigenvalue weighted by molar-refractivity contribution is -0.0551. The van der Waals surface area contributed by atoms with Crippen LogP contribution in [0.15, 0.2) is 46.6 Å². The van der Waals surface area contributed by atoms with Gasteiger partial charge in [-0.05, 0) is 149 Å². The lowest BCUT2D eigenvalue weighted by Gasteiger charge is -2.59. The van der Waals surface area contributed by atoms with E-state index in [0.29, 0.717) is 36.1 Å². The summed E-state index contributed by atoms with van der Waals surface area (Å²) in [4.78, 5) is 0. The molecule has 0 aliphatic heterocycles. The monoisotopic (exact) mass is 626 g/mol. The second-order valence-electron chi connectivity index (χ2n) is 17.4. The van der Waals surface area contributed by atoms with Gasteiger partial charge in [0, 0.05) is 8.50 Å². The van der Waals surface area contributed by atoms with E-state index in [2.05, 4.69) is 90.0 Å². The smallest absolute Gasteiger partial charge is 0.0693 e. The van der Waals surface area contributed by atoms with E-state index in [-0.39, 0.29) is 0 Å². The fraction of sp³-hybridized carbons (Fsp3) is 0.800. The molecule has 1 nitrogen and oxygen atoms in total. The predicted octanol–water partition coefficient (Wildman–Crippen LogP) is 13.2. The Morgan fingerprint density at radius 1 is 0.884 bits per heavy atom. The van der Waals surface area contributed by atoms with Crippen LogP contribution in [0.2, 0.25) is 0 Å². The standard InChI is InChI=1S/C20H36OP2.C20H32/c1-15(11-14-21-23-22)7-9-17-16(2)8-10-18-19(3,4)12-6-13-20(17,18)5;1-14(2)15-7-9-17-16(13-15)8-10-18-19(3,4)11-6-12-20(17,18)5/h11,17-18,23H,2,6-10,12-14,22H2,1,3-5H3;13,17-18H,6-12H2,1-5H3/b15-11-;. The van der Waals surface area contributed by atoms with Gasteiger partial charge in [-0.3, -0.25) is 0 Å². The maximum absolute atomic E-state index is 5.45. The number of hydrogen-bond donors (Lipinski definition) is 0. The molecule has 0 spiro atoms. The SMILES string of the molecule is C=C1CCC2C(C)(C)CCCC2(C)C1CC/C(C)=C\COPP.CC(C)=C1C=C2CCC3C(C)(C)CCCC3(C)C2CC1. The van der Waals surface area contributed by atoms with Crippen molar-refractivity contribution in [2.45, 2.75) is 152 Å². The maximum Gasteiger partial charge on any atom is 0.0693 e. The van der Waals surface area contributed by atoms with Crippen molar-refractivity contribution < 1.29 is 4.52 Å². The van der Waals surface area contributed by atoms with Gasteiger partial charge >= 0.3 is 0 Å². The summed E-state index contributed by atoms with van der Waals surface area (Å²) in [5.74, 6) is 3.39. The van der Waals surface area contributed by atoms with Crippen LogP contribution in [0.25, 0.3) is 0 Å². The quantitative estimate of drug-likeness (QED) is 0.162. The summed E-state index contributed by atoms with van der Waals surface area (Å²) >= 11 is 0. The minimum Gasteiger partial charge on any atom is -0.354 e. The summed E-state index contributed by atoms with van der Waals surface area (Å²) < 4.78 is 5.45. The first kappa shape index (κ1) is 35.6. The third-order valence-corrected chi connectivity index (χ3v) is 14.5. The van der Waals surface area contributed by atoms with Gasteiger partial charge in [0.05, 0.1) is 6.61 Å². The van der Waals surface area contributed by atoms with E-state index in [9.17, 15) is 0 Å². The molecule has 244 valence electrons. The molecule has 0 bridgehead atoms. The molecule has 0 radical (unpaired) electrons. The van der Waals surface area contributed by atoms with E-state index in [1.807, 2.05) is 0 Å². The molecule has 0 saturated heterocycles. The van der Waals surface area contributed by atoms with Crippen LogP contribution in [0, 0.1) is 45.3 Å². The average molecular weight is 627 g/mol. The largest absolute Gasteiger partial charge is 0.354 e. The van der Waals surface area contributed by atoms with Gasteiger partial charge in [-0.2, -0.15) is 0 Å². The van der Waals surface area contributed by atoms with E-state index in [0.717, 1.165) is 24.4 Å². The Morgan fingerprint density at radius 2 is 1.49 bits per heavy atom. The lowest BCUT2D eigenvalue weighted by atomic mass is 9.46. The molecule has 4 fully saturated rings. The molecule has 8 atom stereocenters. The molecule has 5 rings (SSSR count). The maximum atomic E-state index is 5.45. The van der Waals surface area contributed by atoms with Crippen molar-refractivity contribution in [2.24, 2.45) is 45.3 Å². The van der Waals surface area contributed by atoms with Gasteiger partial charge in [0.2, 0.25) is 0 Å². The lowest BCUT2D eigenvalue weighted by Crippen LogP contribution is -2.50. The summed E-state index contributed by atoms with van der Waals surface area (Å²) in [6.45, 7) is 27.3. The topological polar surface area (TPSA) is 9.23 Å². The summed E-state index contributed by atoms with van der Waals surface area (Å²) in [6.07, 6.45) is 24.0. The molecule has 4 saturated carbocycles. The first-order chi connectivity index (χ1) is 20.2. The molecule has 0 heterocycles. The fourth-order valence-corrected chi connectivity index (χ4v) is 11.9. The molecule has 0 aromatic carbocycles. The molecule has 0 aromatic rings. The van der Waals surface area contributed by atoms with Crippen molar-refractivity contribution in [3.8, 4) is 0 Å². The first-order valence-electron chi connectivity index (χ1n) is 17.9. The van der Waals surface area contributed by atoms with Crippen molar-refractivity contribution >= 4 is 17.4 Å². The van der Waals surface area contributed by atoms with Crippen LogP contribution in [0.3, 0.4) is 0 Å². The Hall–Kier alpha value is -0.220. The molecule has 3 heteroatoms. The molecule has 8 unspecified atom stereocenters. The Balaban J connectivity index is 0.000000198. The van der Waals surface area contributed by atoms with Gasteiger partial charge < -0.3 is 4.52 Å². The zero-order chi connectivity index (χ0) is 31.6. The molecular formula is C40H68OP2. The summed E-state index contributed by atoms with van der Waals surface area (Å²) in [7, 11) is 3.14. The van der Waals surface area contributed by atoms with E-state index >= 15 is 0 Å². The highest BCUT2D eigenvalue weighted by Gasteiger charge is 2.54. The van der Waals surface area contributed by atoms with Gasteiger partial charge in [0.1, 0.15) is 0 Å². The third-order valence-electron chi connectivity index (χ3n) is 13.7. The van der Waals surface area contributed by atoms with Gasteiger partial charge in [0.25, 0.3) is 0 Å². The number of allylic oxidation sites excluding steroid dienone is 6. The van der Waals surface area contributed by atoms with E-state index in [1.165, 1.54) is 107 Å². The van der Waals surface area contributed by atoms with E-state index in [4.69, 9.17) is 4.52 Å². The highest BCUT2D eigenvalue weighted by Crippen LogP contribution is 2.63. The fourth-order valence-electron chi connectivity index (χ4n) is 11.4. The van der Waals surface area contributed by atoms with Crippen LogP contribution in [0.5, 0.6) is 0 Å². The molecular weight excluding hydrogens is 558 g/mol. The minimum absolute atomic E-state index is 0.468. The van der Waals surface area contributed by atoms with Crippen molar-refractivity contribution in [3.63, 3.8) is 0 Å². The van der Waals surface area contributed by atoms with Crippen molar-refractivity contribution in [1.29, 1.82) is 0 Å². The highest BCUT2D eigenvalue weighted by molar-refractivity contribution is 8.00. The van der Waals surface area contributed by atoms with Crippen LogP contribution in [0.1, 0.15) is 152 Å². The molecule has 0 amide bonds. The van der Waals surface area contributed by atoms with Gasteiger partial charge in [-0.25, -0.2) is 0 Å². The van der Waals surface area contributed by atoms with Crippen molar-refractivity contribution in [2.75, 3.05) is 6.61 Å². The van der Waals surface area contributed by atoms with Crippen LogP contribution in [-0.2, 0) is 4.52 Å². The van der Waals surface area contributed by atoms with Crippen LogP contribution >= 0.6 is 17.4 Å². The number of hydrogen-bond acceptors (Lipinski definition) is 1. The van der Waals surface area contributed by atoms with Gasteiger partial charge in [0.15, 0.2) is 0 Å². The molecule has 5 aliphatic rings. The highest BCUT2D eigenvalue weighted by atomic mass is 32.0. The first-order valence-corrected chi connectivity index (χ1v) is 20.6. The van der Waals surface area contributed by atoms with Crippen molar-refractivity contribution in [1.82, 2.24) is 0 Å². The summed E-state index contributed by atoms with van der Waals surface area (Å²) in [6, 6.07) is 0. The second kappa shape index (κ2) is 14.3. The zero-order valence-corrected chi connectivity index (χ0v) is 31.9. The number of fused-ring (bicyclic) bond motifs is 4. The summed E-state index contributed by atoms with van der Waals surface area (Å²) in [5.41, 5.74) is 10.1. The zero-order valence-electron chi connectivity index (χ0n) is 29.8.